The third-order valence-electron chi connectivity index (χ3n) is 2.74. The Kier molecular flexibility index (Phi) is 5.68. The Hall–Kier alpha value is -1.99. The zero-order valence-corrected chi connectivity index (χ0v) is 14.6. The first kappa shape index (κ1) is 17.4. The summed E-state index contributed by atoms with van der Waals surface area (Å²) < 4.78 is 5.49. The van der Waals surface area contributed by atoms with Crippen molar-refractivity contribution in [2.75, 3.05) is 12.4 Å². The number of halogens is 3. The van der Waals surface area contributed by atoms with E-state index in [1.165, 1.54) is 13.3 Å². The Morgan fingerprint density at radius 1 is 1.48 bits per heavy atom. The fourth-order valence-electron chi connectivity index (χ4n) is 1.70. The summed E-state index contributed by atoms with van der Waals surface area (Å²) in [5, 5.41) is 6.69. The Morgan fingerprint density at radius 3 is 2.83 bits per heavy atom. The molecule has 2 rings (SSSR count). The molecular weight excluding hydrogens is 409 g/mol. The van der Waals surface area contributed by atoms with Crippen molar-refractivity contribution in [3.63, 3.8) is 0 Å². The van der Waals surface area contributed by atoms with Crippen molar-refractivity contribution in [1.82, 2.24) is 4.98 Å². The van der Waals surface area contributed by atoms with Crippen LogP contribution in [-0.4, -0.2) is 18.1 Å². The topological polar surface area (TPSA) is 100.0 Å². The standard InChI is InChI=1S/C13H8BrCl2N5O2/c1-23-13(22)7-5-18-12(20-21-17)10(16)11(7)19-9-3-2-6(14)4-8(9)15/h2-5H,1H3,(H,18,19). The molecule has 1 N–H and O–H groups in total. The first-order chi connectivity index (χ1) is 11.0. The maximum Gasteiger partial charge on any atom is 0.341 e. The molecule has 0 saturated carbocycles. The van der Waals surface area contributed by atoms with Crippen molar-refractivity contribution < 1.29 is 9.53 Å². The number of carbonyl (C=O) groups is 1. The fraction of sp³-hybridized carbons (Fsp3) is 0.0769. The highest BCUT2D eigenvalue weighted by Gasteiger charge is 2.19. The van der Waals surface area contributed by atoms with Crippen LogP contribution in [0.15, 0.2) is 34.0 Å². The van der Waals surface area contributed by atoms with Crippen LogP contribution in [0.1, 0.15) is 10.4 Å². The van der Waals surface area contributed by atoms with E-state index < -0.39 is 5.97 Å². The van der Waals surface area contributed by atoms with Crippen molar-refractivity contribution in [1.29, 1.82) is 0 Å². The third kappa shape index (κ3) is 3.86. The summed E-state index contributed by atoms with van der Waals surface area (Å²) in [5.41, 5.74) is 9.30. The van der Waals surface area contributed by atoms with Crippen LogP contribution in [0, 0.1) is 0 Å². The van der Waals surface area contributed by atoms with Crippen LogP contribution in [0.2, 0.25) is 10.0 Å². The predicted molar refractivity (Wildman–Crippen MR) is 91.8 cm³/mol. The molecule has 0 amide bonds. The second-order valence-corrected chi connectivity index (χ2v) is 5.82. The average molecular weight is 417 g/mol. The van der Waals surface area contributed by atoms with Crippen molar-refractivity contribution in [3.8, 4) is 0 Å². The molecule has 0 radical (unpaired) electrons. The second kappa shape index (κ2) is 7.52. The van der Waals surface area contributed by atoms with Crippen molar-refractivity contribution in [2.24, 2.45) is 5.11 Å². The largest absolute Gasteiger partial charge is 0.465 e. The number of benzene rings is 1. The highest BCUT2D eigenvalue weighted by Crippen LogP contribution is 2.37. The van der Waals surface area contributed by atoms with Gasteiger partial charge in [0.15, 0.2) is 0 Å². The van der Waals surface area contributed by atoms with Gasteiger partial charge in [-0.05, 0) is 28.8 Å². The second-order valence-electron chi connectivity index (χ2n) is 4.11. The number of rotatable bonds is 4. The van der Waals surface area contributed by atoms with Gasteiger partial charge in [0, 0.05) is 15.6 Å². The number of ether oxygens (including phenoxy) is 1. The molecule has 0 spiro atoms. The van der Waals surface area contributed by atoms with Gasteiger partial charge in [-0.1, -0.05) is 39.1 Å². The van der Waals surface area contributed by atoms with Gasteiger partial charge in [0.1, 0.15) is 11.4 Å². The number of hydrogen-bond donors (Lipinski definition) is 1. The molecule has 0 saturated heterocycles. The fourth-order valence-corrected chi connectivity index (χ4v) is 2.66. The van der Waals surface area contributed by atoms with Crippen LogP contribution in [-0.2, 0) is 4.74 Å². The maximum absolute atomic E-state index is 11.9. The number of anilines is 2. The number of carbonyl (C=O) groups excluding carboxylic acids is 1. The summed E-state index contributed by atoms with van der Waals surface area (Å²) in [6.07, 6.45) is 1.21. The Morgan fingerprint density at radius 2 is 2.22 bits per heavy atom. The minimum atomic E-state index is -0.650. The maximum atomic E-state index is 11.9. The van der Waals surface area contributed by atoms with Crippen LogP contribution in [0.4, 0.5) is 17.2 Å². The third-order valence-corrected chi connectivity index (χ3v) is 3.90. The molecule has 0 aliphatic heterocycles. The zero-order chi connectivity index (χ0) is 17.0. The summed E-state index contributed by atoms with van der Waals surface area (Å²) in [6.45, 7) is 0. The minimum absolute atomic E-state index is 0.0234. The first-order valence-corrected chi connectivity index (χ1v) is 7.56. The van der Waals surface area contributed by atoms with Gasteiger partial charge in [-0.25, -0.2) is 4.79 Å². The molecule has 1 heterocycles. The van der Waals surface area contributed by atoms with Gasteiger partial charge >= 0.3 is 5.97 Å². The number of methoxy groups -OCH3 is 1. The van der Waals surface area contributed by atoms with Gasteiger partial charge in [0.05, 0.1) is 28.5 Å². The first-order valence-electron chi connectivity index (χ1n) is 6.02. The summed E-state index contributed by atoms with van der Waals surface area (Å²) in [4.78, 5) is 18.4. The van der Waals surface area contributed by atoms with Gasteiger partial charge in [-0.2, -0.15) is 0 Å². The Balaban J connectivity index is 2.59. The molecule has 1 aromatic carbocycles. The molecule has 1 aromatic heterocycles. The van der Waals surface area contributed by atoms with Crippen molar-refractivity contribution in [3.05, 3.63) is 54.9 Å². The molecule has 0 unspecified atom stereocenters. The zero-order valence-electron chi connectivity index (χ0n) is 11.5. The van der Waals surface area contributed by atoms with Crippen LogP contribution in [0.25, 0.3) is 10.4 Å². The SMILES string of the molecule is COC(=O)c1cnc(N=[N+]=[N-])c(Cl)c1Nc1ccc(Br)cc1Cl. The molecule has 7 nitrogen and oxygen atoms in total. The number of nitrogens with zero attached hydrogens (tertiary/aromatic N) is 4. The van der Waals surface area contributed by atoms with E-state index in [1.807, 2.05) is 0 Å². The van der Waals surface area contributed by atoms with Gasteiger partial charge in [0.25, 0.3) is 0 Å². The van der Waals surface area contributed by atoms with E-state index in [-0.39, 0.29) is 22.1 Å². The highest BCUT2D eigenvalue weighted by molar-refractivity contribution is 9.10. The predicted octanol–water partition coefficient (Wildman–Crippen LogP) is 5.62. The molecule has 10 heteroatoms. The number of aromatic nitrogens is 1. The molecule has 0 fully saturated rings. The number of azide groups is 1. The molecular formula is C13H8BrCl2N5O2. The van der Waals surface area contributed by atoms with Crippen molar-refractivity contribution in [2.45, 2.75) is 0 Å². The number of esters is 1. The van der Waals surface area contributed by atoms with Crippen LogP contribution in [0.3, 0.4) is 0 Å². The van der Waals surface area contributed by atoms with Crippen LogP contribution >= 0.6 is 39.1 Å². The number of hydrogen-bond acceptors (Lipinski definition) is 5. The summed E-state index contributed by atoms with van der Waals surface area (Å²) in [7, 11) is 1.23. The van der Waals surface area contributed by atoms with Crippen LogP contribution in [0.5, 0.6) is 0 Å². The summed E-state index contributed by atoms with van der Waals surface area (Å²) in [6, 6.07) is 5.12. The lowest BCUT2D eigenvalue weighted by molar-refractivity contribution is 0.0601. The van der Waals surface area contributed by atoms with Gasteiger partial charge in [0.2, 0.25) is 0 Å². The van der Waals surface area contributed by atoms with Gasteiger partial charge in [-0.15, -0.1) is 0 Å². The van der Waals surface area contributed by atoms with Crippen molar-refractivity contribution >= 4 is 62.3 Å². The molecule has 0 bridgehead atoms. The monoisotopic (exact) mass is 415 g/mol. The summed E-state index contributed by atoms with van der Waals surface area (Å²) >= 11 is 15.6. The van der Waals surface area contributed by atoms with E-state index in [0.717, 1.165) is 4.47 Å². The van der Waals surface area contributed by atoms with E-state index in [9.17, 15) is 4.79 Å². The number of pyridine rings is 1. The van der Waals surface area contributed by atoms with E-state index in [2.05, 4.69) is 36.3 Å². The molecule has 0 atom stereocenters. The minimum Gasteiger partial charge on any atom is -0.465 e. The highest BCUT2D eigenvalue weighted by atomic mass is 79.9. The van der Waals surface area contributed by atoms with E-state index in [4.69, 9.17) is 33.5 Å². The average Bonchev–Trinajstić information content (AvgIpc) is 2.53. The quantitative estimate of drug-likeness (QED) is 0.302. The van der Waals surface area contributed by atoms with E-state index >= 15 is 0 Å². The molecule has 0 aliphatic carbocycles. The molecule has 0 aliphatic rings. The Labute approximate surface area is 149 Å². The lowest BCUT2D eigenvalue weighted by atomic mass is 10.2. The van der Waals surface area contributed by atoms with Gasteiger partial charge < -0.3 is 10.1 Å². The van der Waals surface area contributed by atoms with E-state index in [0.29, 0.717) is 10.7 Å². The normalized spacial score (nSPS) is 9.91. The van der Waals surface area contributed by atoms with E-state index in [1.54, 1.807) is 18.2 Å². The lowest BCUT2D eigenvalue weighted by Crippen LogP contribution is -2.07. The van der Waals surface area contributed by atoms with Gasteiger partial charge in [-0.3, -0.25) is 4.98 Å². The van der Waals surface area contributed by atoms with Crippen LogP contribution < -0.4 is 5.32 Å². The molecule has 23 heavy (non-hydrogen) atoms. The number of nitrogens with one attached hydrogen (secondary N) is 1. The Bertz CT molecular complexity index is 824. The molecule has 2 aromatic rings. The smallest absolute Gasteiger partial charge is 0.341 e. The summed E-state index contributed by atoms with van der Waals surface area (Å²) in [5.74, 6) is -0.722. The molecule has 118 valence electrons. The lowest BCUT2D eigenvalue weighted by Gasteiger charge is -2.14.